The van der Waals surface area contributed by atoms with E-state index in [9.17, 15) is 4.79 Å². The van der Waals surface area contributed by atoms with Crippen molar-refractivity contribution in [1.82, 2.24) is 10.6 Å². The minimum absolute atomic E-state index is 0.0476. The first-order chi connectivity index (χ1) is 7.28. The molecule has 3 nitrogen and oxygen atoms in total. The molecule has 0 aromatic rings. The van der Waals surface area contributed by atoms with Crippen LogP contribution in [0.1, 0.15) is 38.5 Å². The van der Waals surface area contributed by atoms with E-state index >= 15 is 0 Å². The fraction of sp³-hybridized carbons (Fsp3) is 0.909. The Morgan fingerprint density at radius 2 is 1.87 bits per heavy atom. The number of carbonyl (C=O) groups is 1. The maximum Gasteiger partial charge on any atom is 0.315 e. The second-order valence-corrected chi connectivity index (χ2v) is 5.75. The molecule has 2 fully saturated rings. The van der Waals surface area contributed by atoms with Crippen molar-refractivity contribution in [2.45, 2.75) is 55.9 Å². The summed E-state index contributed by atoms with van der Waals surface area (Å²) in [6, 6.07) is 0.900. The second-order valence-electron chi connectivity index (χ2n) is 4.61. The van der Waals surface area contributed by atoms with Crippen LogP contribution in [0.25, 0.3) is 0 Å². The molecule has 2 rings (SSSR count). The Hall–Kier alpha value is -0.380. The van der Waals surface area contributed by atoms with E-state index in [0.29, 0.717) is 12.1 Å². The van der Waals surface area contributed by atoms with Crippen molar-refractivity contribution in [2.75, 3.05) is 6.26 Å². The van der Waals surface area contributed by atoms with Gasteiger partial charge in [0.15, 0.2) is 0 Å². The second kappa shape index (κ2) is 5.10. The molecule has 2 amide bonds. The summed E-state index contributed by atoms with van der Waals surface area (Å²) in [7, 11) is 0. The zero-order valence-corrected chi connectivity index (χ0v) is 10.1. The van der Waals surface area contributed by atoms with Crippen molar-refractivity contribution in [3.8, 4) is 0 Å². The highest BCUT2D eigenvalue weighted by Crippen LogP contribution is 2.28. The normalized spacial score (nSPS) is 31.0. The minimum atomic E-state index is 0.0476. The lowest BCUT2D eigenvalue weighted by Crippen LogP contribution is -2.47. The predicted octanol–water partition coefficient (Wildman–Crippen LogP) is 2.12. The smallest absolute Gasteiger partial charge is 0.315 e. The van der Waals surface area contributed by atoms with Gasteiger partial charge in [-0.1, -0.05) is 0 Å². The molecule has 0 saturated heterocycles. The van der Waals surface area contributed by atoms with Crippen molar-refractivity contribution in [1.29, 1.82) is 0 Å². The van der Waals surface area contributed by atoms with E-state index in [4.69, 9.17) is 0 Å². The number of amides is 2. The van der Waals surface area contributed by atoms with Crippen molar-refractivity contribution in [3.63, 3.8) is 0 Å². The van der Waals surface area contributed by atoms with Crippen molar-refractivity contribution < 1.29 is 4.79 Å². The van der Waals surface area contributed by atoms with E-state index in [2.05, 4.69) is 16.9 Å². The third-order valence-corrected chi connectivity index (χ3v) is 4.59. The van der Waals surface area contributed by atoms with Crippen LogP contribution in [0.2, 0.25) is 0 Å². The molecule has 2 N–H and O–H groups in total. The fourth-order valence-electron chi connectivity index (χ4n) is 2.25. The molecule has 86 valence electrons. The molecule has 2 atom stereocenters. The van der Waals surface area contributed by atoms with Gasteiger partial charge in [0.2, 0.25) is 0 Å². The third kappa shape index (κ3) is 3.03. The van der Waals surface area contributed by atoms with Gasteiger partial charge in [0.25, 0.3) is 0 Å². The monoisotopic (exact) mass is 228 g/mol. The number of urea groups is 1. The maximum atomic E-state index is 11.6. The molecule has 0 aromatic heterocycles. The van der Waals surface area contributed by atoms with Gasteiger partial charge in [-0.25, -0.2) is 4.79 Å². The van der Waals surface area contributed by atoms with E-state index in [1.165, 1.54) is 12.8 Å². The first kappa shape index (κ1) is 11.1. The average molecular weight is 228 g/mol. The van der Waals surface area contributed by atoms with E-state index in [-0.39, 0.29) is 6.03 Å². The quantitative estimate of drug-likeness (QED) is 0.777. The lowest BCUT2D eigenvalue weighted by molar-refractivity contribution is 0.225. The number of hydrogen-bond donors (Lipinski definition) is 2. The van der Waals surface area contributed by atoms with Gasteiger partial charge in [0, 0.05) is 17.3 Å². The summed E-state index contributed by atoms with van der Waals surface area (Å²) in [5.41, 5.74) is 0. The van der Waals surface area contributed by atoms with Crippen LogP contribution in [-0.2, 0) is 0 Å². The summed E-state index contributed by atoms with van der Waals surface area (Å²) in [5, 5.41) is 6.85. The highest BCUT2D eigenvalue weighted by molar-refractivity contribution is 7.99. The van der Waals surface area contributed by atoms with Crippen LogP contribution in [-0.4, -0.2) is 29.6 Å². The van der Waals surface area contributed by atoms with Crippen LogP contribution >= 0.6 is 11.8 Å². The Labute approximate surface area is 95.8 Å². The molecule has 0 bridgehead atoms. The third-order valence-electron chi connectivity index (χ3n) is 3.49. The molecular formula is C11H20N2OS. The summed E-state index contributed by atoms with van der Waals surface area (Å²) < 4.78 is 0. The van der Waals surface area contributed by atoms with Crippen LogP contribution < -0.4 is 10.6 Å². The minimum Gasteiger partial charge on any atom is -0.335 e. The SMILES string of the molecule is CSC1CCC(NC(=O)NC2CCC2)C1. The van der Waals surface area contributed by atoms with Crippen LogP contribution in [0.15, 0.2) is 0 Å². The summed E-state index contributed by atoms with van der Waals surface area (Å²) in [6.07, 6.45) is 9.26. The lowest BCUT2D eigenvalue weighted by atomic mass is 9.93. The number of rotatable bonds is 3. The highest BCUT2D eigenvalue weighted by Gasteiger charge is 2.26. The van der Waals surface area contributed by atoms with Gasteiger partial charge < -0.3 is 10.6 Å². The Morgan fingerprint density at radius 1 is 1.13 bits per heavy atom. The Kier molecular flexibility index (Phi) is 3.78. The van der Waals surface area contributed by atoms with Gasteiger partial charge >= 0.3 is 6.03 Å². The molecular weight excluding hydrogens is 208 g/mol. The van der Waals surface area contributed by atoms with Crippen LogP contribution in [0.3, 0.4) is 0 Å². The van der Waals surface area contributed by atoms with E-state index in [0.717, 1.165) is 30.9 Å². The molecule has 2 saturated carbocycles. The van der Waals surface area contributed by atoms with E-state index in [1.54, 1.807) is 0 Å². The lowest BCUT2D eigenvalue weighted by Gasteiger charge is -2.27. The first-order valence-electron chi connectivity index (χ1n) is 5.87. The van der Waals surface area contributed by atoms with Crippen LogP contribution in [0, 0.1) is 0 Å². The topological polar surface area (TPSA) is 41.1 Å². The molecule has 0 heterocycles. The summed E-state index contributed by atoms with van der Waals surface area (Å²) >= 11 is 1.92. The summed E-state index contributed by atoms with van der Waals surface area (Å²) in [6.45, 7) is 0. The Morgan fingerprint density at radius 3 is 2.40 bits per heavy atom. The predicted molar refractivity (Wildman–Crippen MR) is 64.2 cm³/mol. The van der Waals surface area contributed by atoms with Gasteiger partial charge in [0.05, 0.1) is 0 Å². The molecule has 4 heteroatoms. The zero-order valence-electron chi connectivity index (χ0n) is 9.29. The molecule has 0 spiro atoms. The molecule has 2 aliphatic carbocycles. The van der Waals surface area contributed by atoms with Crippen molar-refractivity contribution >= 4 is 17.8 Å². The molecule has 15 heavy (non-hydrogen) atoms. The van der Waals surface area contributed by atoms with Gasteiger partial charge in [-0.2, -0.15) is 11.8 Å². The molecule has 2 aliphatic rings. The molecule has 0 aromatic carbocycles. The number of nitrogens with one attached hydrogen (secondary N) is 2. The van der Waals surface area contributed by atoms with Gasteiger partial charge in [-0.15, -0.1) is 0 Å². The summed E-state index contributed by atoms with van der Waals surface area (Å²) in [4.78, 5) is 11.6. The fourth-order valence-corrected chi connectivity index (χ4v) is 3.05. The molecule has 0 radical (unpaired) electrons. The Balaban J connectivity index is 1.65. The van der Waals surface area contributed by atoms with Gasteiger partial charge in [-0.05, 0) is 44.8 Å². The van der Waals surface area contributed by atoms with E-state index in [1.807, 2.05) is 11.8 Å². The molecule has 2 unspecified atom stereocenters. The first-order valence-corrected chi connectivity index (χ1v) is 7.16. The van der Waals surface area contributed by atoms with E-state index < -0.39 is 0 Å². The van der Waals surface area contributed by atoms with Crippen LogP contribution in [0.5, 0.6) is 0 Å². The largest absolute Gasteiger partial charge is 0.335 e. The zero-order chi connectivity index (χ0) is 10.7. The van der Waals surface area contributed by atoms with Crippen LogP contribution in [0.4, 0.5) is 4.79 Å². The number of thioether (sulfide) groups is 1. The number of carbonyl (C=O) groups excluding carboxylic acids is 1. The highest BCUT2D eigenvalue weighted by atomic mass is 32.2. The number of hydrogen-bond acceptors (Lipinski definition) is 2. The van der Waals surface area contributed by atoms with Gasteiger partial charge in [-0.3, -0.25) is 0 Å². The van der Waals surface area contributed by atoms with Crippen molar-refractivity contribution in [2.24, 2.45) is 0 Å². The summed E-state index contributed by atoms with van der Waals surface area (Å²) in [5.74, 6) is 0. The van der Waals surface area contributed by atoms with Gasteiger partial charge in [0.1, 0.15) is 0 Å². The molecule has 0 aliphatic heterocycles. The average Bonchev–Trinajstić information content (AvgIpc) is 2.59. The standard InChI is InChI=1S/C11H20N2OS/c1-15-10-6-5-9(7-10)13-11(14)12-8-3-2-4-8/h8-10H,2-7H2,1H3,(H2,12,13,14). The maximum absolute atomic E-state index is 11.6. The Bertz CT molecular complexity index is 231. The van der Waals surface area contributed by atoms with Crippen molar-refractivity contribution in [3.05, 3.63) is 0 Å².